The van der Waals surface area contributed by atoms with Gasteiger partial charge >= 0.3 is 72.2 Å². The molecule has 0 aliphatic rings. The van der Waals surface area contributed by atoms with Crippen molar-refractivity contribution >= 4 is 42.6 Å². The van der Waals surface area contributed by atoms with Crippen LogP contribution in [-0.2, 0) is 14.9 Å². The molecule has 0 amide bonds. The molecule has 7 nitrogen and oxygen atoms in total. The third-order valence-corrected chi connectivity index (χ3v) is 0. The minimum atomic E-state index is -4.67. The first-order valence-corrected chi connectivity index (χ1v) is 4.05. The molecule has 0 aliphatic carbocycles. The topological polar surface area (TPSA) is 132 Å². The average Bonchev–Trinajstić information content (AvgIpc) is 1.19. The van der Waals surface area contributed by atoms with Gasteiger partial charge in [-0.15, -0.1) is 0 Å². The number of hydrogen-bond donors (Lipinski definition) is 4. The van der Waals surface area contributed by atoms with E-state index < -0.39 is 19.6 Å². The molecule has 0 atom stereocenters. The summed E-state index contributed by atoms with van der Waals surface area (Å²) in [5.41, 5.74) is 0. The Morgan fingerprint density at radius 1 is 1.18 bits per heavy atom. The molecule has 0 aliphatic heterocycles. The van der Waals surface area contributed by atoms with Gasteiger partial charge in [0.15, 0.2) is 0 Å². The fraction of sp³-hybridized carbons (Fsp3) is 0. The van der Waals surface area contributed by atoms with Crippen LogP contribution < -0.4 is 29.6 Å². The Labute approximate surface area is 107 Å². The van der Waals surface area contributed by atoms with Crippen LogP contribution in [0.25, 0.3) is 0 Å². The SMILES string of the molecule is O=S(=O)(O)O.O=[Si](O)O.[H-].[H-].[H-].[Mg+2].[Na+]. The molecule has 0 heterocycles. The second-order valence-electron chi connectivity index (χ2n) is 0.730. The largest absolute Gasteiger partial charge is 2.00 e. The quantitative estimate of drug-likeness (QED) is 0.239. The monoisotopic (exact) mass is 226 g/mol. The molecule has 0 aromatic rings. The predicted octanol–water partition coefficient (Wildman–Crippen LogP) is -5.31. The summed E-state index contributed by atoms with van der Waals surface area (Å²) >= 11 is 0. The molecule has 0 aromatic carbocycles. The van der Waals surface area contributed by atoms with Gasteiger partial charge in [0.2, 0.25) is 0 Å². The van der Waals surface area contributed by atoms with Gasteiger partial charge in [0.25, 0.3) is 0 Å². The first-order chi connectivity index (χ1) is 3.73. The molecule has 11 heavy (non-hydrogen) atoms. The van der Waals surface area contributed by atoms with E-state index in [1.165, 1.54) is 0 Å². The van der Waals surface area contributed by atoms with Crippen LogP contribution in [0, 0.1) is 0 Å². The maximum Gasteiger partial charge on any atom is 2.00 e. The molecular weight excluding hydrogens is 219 g/mol. The third kappa shape index (κ3) is 614. The molecule has 0 unspecified atom stereocenters. The summed E-state index contributed by atoms with van der Waals surface area (Å²) < 4.78 is 40.3. The van der Waals surface area contributed by atoms with Crippen LogP contribution in [0.5, 0.6) is 0 Å². The van der Waals surface area contributed by atoms with Crippen molar-refractivity contribution in [2.45, 2.75) is 0 Å². The number of rotatable bonds is 0. The zero-order valence-electron chi connectivity index (χ0n) is 8.63. The van der Waals surface area contributed by atoms with Crippen molar-refractivity contribution < 1.29 is 65.4 Å². The fourth-order valence-electron chi connectivity index (χ4n) is 0. The Hall–Kier alpha value is 1.25. The van der Waals surface area contributed by atoms with E-state index in [1.54, 1.807) is 0 Å². The van der Waals surface area contributed by atoms with E-state index >= 15 is 0 Å². The Bertz CT molecular complexity index is 171. The van der Waals surface area contributed by atoms with Gasteiger partial charge < -0.3 is 13.9 Å². The summed E-state index contributed by atoms with van der Waals surface area (Å²) in [6.45, 7) is 0. The Kier molecular flexibility index (Phi) is 23.3. The fourth-order valence-corrected chi connectivity index (χ4v) is 0. The van der Waals surface area contributed by atoms with Gasteiger partial charge in [-0.05, 0) is 0 Å². The van der Waals surface area contributed by atoms with Gasteiger partial charge in [-0.2, -0.15) is 8.42 Å². The molecule has 0 bridgehead atoms. The van der Waals surface area contributed by atoms with Crippen LogP contribution in [0.4, 0.5) is 0 Å². The van der Waals surface area contributed by atoms with Gasteiger partial charge in [-0.25, -0.2) is 0 Å². The van der Waals surface area contributed by atoms with Crippen LogP contribution >= 0.6 is 0 Å². The number of hydrogen-bond acceptors (Lipinski definition) is 3. The second kappa shape index (κ2) is 11.3. The smallest absolute Gasteiger partial charge is 1.00 e. The molecule has 0 radical (unpaired) electrons. The first-order valence-electron chi connectivity index (χ1n) is 1.35. The molecule has 0 spiro atoms. The summed E-state index contributed by atoms with van der Waals surface area (Å²) in [6.07, 6.45) is 0. The van der Waals surface area contributed by atoms with Crippen LogP contribution in [0.2, 0.25) is 0 Å². The van der Waals surface area contributed by atoms with E-state index in [4.69, 9.17) is 31.6 Å². The molecule has 0 rings (SSSR count). The normalized spacial score (nSPS) is 7.45. The summed E-state index contributed by atoms with van der Waals surface area (Å²) in [6, 6.07) is 0. The zero-order chi connectivity index (χ0) is 8.08. The predicted molar refractivity (Wildman–Crippen MR) is 34.1 cm³/mol. The maximum absolute atomic E-state index is 8.74. The van der Waals surface area contributed by atoms with Crippen molar-refractivity contribution in [1.29, 1.82) is 0 Å². The summed E-state index contributed by atoms with van der Waals surface area (Å²) in [7, 11) is -7.80. The van der Waals surface area contributed by atoms with Crippen molar-refractivity contribution in [2.75, 3.05) is 0 Å². The Morgan fingerprint density at radius 3 is 1.18 bits per heavy atom. The van der Waals surface area contributed by atoms with Crippen LogP contribution in [0.1, 0.15) is 4.28 Å². The Morgan fingerprint density at radius 2 is 1.18 bits per heavy atom. The van der Waals surface area contributed by atoms with Crippen molar-refractivity contribution in [3.63, 3.8) is 0 Å². The summed E-state index contributed by atoms with van der Waals surface area (Å²) in [4.78, 5) is 14.3. The molecular formula is H7MgNaO7SSi. The second-order valence-corrected chi connectivity index (χ2v) is 2.19. The van der Waals surface area contributed by atoms with Crippen molar-refractivity contribution in [1.82, 2.24) is 0 Å². The van der Waals surface area contributed by atoms with E-state index in [2.05, 4.69) is 0 Å². The first kappa shape index (κ1) is 22.8. The minimum absolute atomic E-state index is 0. The van der Waals surface area contributed by atoms with Crippen molar-refractivity contribution in [3.8, 4) is 0 Å². The molecule has 0 saturated heterocycles. The average molecular weight is 226 g/mol. The van der Waals surface area contributed by atoms with E-state index in [-0.39, 0.29) is 56.9 Å². The van der Waals surface area contributed by atoms with Gasteiger partial charge in [-0.1, -0.05) is 0 Å². The maximum atomic E-state index is 8.74. The molecule has 0 fully saturated rings. The Balaban J connectivity index is -0.0000000104. The van der Waals surface area contributed by atoms with E-state index in [0.29, 0.717) is 0 Å². The van der Waals surface area contributed by atoms with Crippen LogP contribution in [-0.4, -0.2) is 59.3 Å². The van der Waals surface area contributed by atoms with E-state index in [1.807, 2.05) is 0 Å². The summed E-state index contributed by atoms with van der Waals surface area (Å²) in [5, 5.41) is 0. The summed E-state index contributed by atoms with van der Waals surface area (Å²) in [5.74, 6) is 0. The molecule has 0 aromatic heterocycles. The zero-order valence-corrected chi connectivity index (χ0v) is 10.9. The molecule has 62 valence electrons. The van der Waals surface area contributed by atoms with Gasteiger partial charge in [0.1, 0.15) is 0 Å². The minimum Gasteiger partial charge on any atom is -1.00 e. The van der Waals surface area contributed by atoms with Crippen molar-refractivity contribution in [3.05, 3.63) is 0 Å². The van der Waals surface area contributed by atoms with Gasteiger partial charge in [-0.3, -0.25) is 13.6 Å². The molecule has 11 heteroatoms. The van der Waals surface area contributed by atoms with Crippen LogP contribution in [0.15, 0.2) is 0 Å². The van der Waals surface area contributed by atoms with Crippen LogP contribution in [0.3, 0.4) is 0 Å². The molecule has 0 saturated carbocycles. The third-order valence-electron chi connectivity index (χ3n) is 0. The van der Waals surface area contributed by atoms with E-state index in [0.717, 1.165) is 0 Å². The standard InChI is InChI=1S/Mg.Na.H2O4S.H2O3Si.3H/c;;1-5(2,3)4;1-4(2)3;;;/h;;(H2,1,2,3,4);1-2H;;;/q+2;+1;;;3*-1. The van der Waals surface area contributed by atoms with Gasteiger partial charge in [0.05, 0.1) is 0 Å². The van der Waals surface area contributed by atoms with Crippen molar-refractivity contribution in [2.24, 2.45) is 0 Å². The molecule has 4 N–H and O–H groups in total. The van der Waals surface area contributed by atoms with Gasteiger partial charge in [0, 0.05) is 0 Å². The van der Waals surface area contributed by atoms with E-state index in [9.17, 15) is 0 Å².